The van der Waals surface area contributed by atoms with Crippen LogP contribution in [0.4, 0.5) is 8.78 Å². The van der Waals surface area contributed by atoms with Gasteiger partial charge in [0.05, 0.1) is 5.52 Å². The average molecular weight is 223 g/mol. The average Bonchev–Trinajstić information content (AvgIpc) is 2.62. The van der Waals surface area contributed by atoms with E-state index < -0.39 is 11.6 Å². The summed E-state index contributed by atoms with van der Waals surface area (Å²) in [5.41, 5.74) is 1.26. The van der Waals surface area contributed by atoms with Gasteiger partial charge < -0.3 is 4.98 Å². The maximum absolute atomic E-state index is 13.5. The summed E-state index contributed by atoms with van der Waals surface area (Å²) >= 11 is 0. The molecular formula is C13H15F2N. The van der Waals surface area contributed by atoms with E-state index in [2.05, 4.69) is 25.8 Å². The summed E-state index contributed by atoms with van der Waals surface area (Å²) in [5.74, 6) is -1.06. The van der Waals surface area contributed by atoms with Crippen LogP contribution in [0.5, 0.6) is 0 Å². The Labute approximate surface area is 93.5 Å². The van der Waals surface area contributed by atoms with Gasteiger partial charge in [-0.15, -0.1) is 0 Å². The van der Waals surface area contributed by atoms with E-state index in [-0.39, 0.29) is 5.41 Å². The second-order valence-corrected chi connectivity index (χ2v) is 4.75. The highest BCUT2D eigenvalue weighted by molar-refractivity contribution is 5.84. The van der Waals surface area contributed by atoms with Crippen LogP contribution in [-0.4, -0.2) is 4.98 Å². The van der Waals surface area contributed by atoms with Crippen molar-refractivity contribution in [1.29, 1.82) is 0 Å². The predicted molar refractivity (Wildman–Crippen MR) is 61.5 cm³/mol. The number of aromatic amines is 1. The summed E-state index contributed by atoms with van der Waals surface area (Å²) in [6.45, 7) is 6.20. The Hall–Kier alpha value is -1.38. The monoisotopic (exact) mass is 223 g/mol. The van der Waals surface area contributed by atoms with Gasteiger partial charge in [0.2, 0.25) is 0 Å². The number of fused-ring (bicyclic) bond motifs is 1. The lowest BCUT2D eigenvalue weighted by atomic mass is 9.82. The lowest BCUT2D eigenvalue weighted by molar-refractivity contribution is 0.510. The number of aromatic nitrogens is 1. The second kappa shape index (κ2) is 3.58. The Morgan fingerprint density at radius 1 is 1.25 bits per heavy atom. The van der Waals surface area contributed by atoms with Gasteiger partial charge in [-0.25, -0.2) is 8.78 Å². The van der Waals surface area contributed by atoms with Crippen LogP contribution in [-0.2, 0) is 5.41 Å². The van der Waals surface area contributed by atoms with E-state index in [4.69, 9.17) is 0 Å². The number of hydrogen-bond acceptors (Lipinski definition) is 0. The Morgan fingerprint density at radius 3 is 2.56 bits per heavy atom. The molecule has 0 bridgehead atoms. The van der Waals surface area contributed by atoms with Crippen LogP contribution in [0.1, 0.15) is 32.8 Å². The number of hydrogen-bond donors (Lipinski definition) is 1. The number of halogens is 2. The first-order valence-electron chi connectivity index (χ1n) is 5.42. The summed E-state index contributed by atoms with van der Waals surface area (Å²) in [4.78, 5) is 2.88. The second-order valence-electron chi connectivity index (χ2n) is 4.75. The molecule has 0 spiro atoms. The Balaban J connectivity index is 2.74. The molecule has 0 amide bonds. The first-order valence-corrected chi connectivity index (χ1v) is 5.42. The van der Waals surface area contributed by atoms with Crippen molar-refractivity contribution in [3.63, 3.8) is 0 Å². The molecule has 1 nitrogen and oxygen atoms in total. The van der Waals surface area contributed by atoms with Gasteiger partial charge in [0, 0.05) is 17.6 Å². The largest absolute Gasteiger partial charge is 0.358 e. The van der Waals surface area contributed by atoms with Crippen molar-refractivity contribution in [1.82, 2.24) is 4.98 Å². The number of benzene rings is 1. The molecule has 1 aromatic carbocycles. The molecular weight excluding hydrogens is 208 g/mol. The van der Waals surface area contributed by atoms with Crippen LogP contribution in [0.3, 0.4) is 0 Å². The highest BCUT2D eigenvalue weighted by Crippen LogP contribution is 2.33. The van der Waals surface area contributed by atoms with Crippen molar-refractivity contribution in [3.05, 3.63) is 35.5 Å². The zero-order valence-electron chi connectivity index (χ0n) is 9.70. The SMILES string of the molecule is CCC(C)(C)c1c[nH]c2c(F)cc(F)cc12. The third kappa shape index (κ3) is 1.60. The fourth-order valence-corrected chi connectivity index (χ4v) is 1.91. The third-order valence-corrected chi connectivity index (χ3v) is 3.32. The zero-order valence-corrected chi connectivity index (χ0v) is 9.70. The third-order valence-electron chi connectivity index (χ3n) is 3.32. The fourth-order valence-electron chi connectivity index (χ4n) is 1.91. The van der Waals surface area contributed by atoms with E-state index in [1.54, 1.807) is 6.20 Å². The van der Waals surface area contributed by atoms with E-state index >= 15 is 0 Å². The molecule has 0 aliphatic heterocycles. The molecule has 3 heteroatoms. The summed E-state index contributed by atoms with van der Waals surface area (Å²) in [7, 11) is 0. The Morgan fingerprint density at radius 2 is 1.94 bits per heavy atom. The molecule has 16 heavy (non-hydrogen) atoms. The standard InChI is InChI=1S/C13H15F2N/c1-4-13(2,3)10-7-16-12-9(10)5-8(14)6-11(12)15/h5-7,16H,4H2,1-3H3. The van der Waals surface area contributed by atoms with Crippen LogP contribution >= 0.6 is 0 Å². The minimum Gasteiger partial charge on any atom is -0.358 e. The van der Waals surface area contributed by atoms with Crippen LogP contribution in [0.15, 0.2) is 18.3 Å². The van der Waals surface area contributed by atoms with Crippen molar-refractivity contribution in [2.24, 2.45) is 0 Å². The van der Waals surface area contributed by atoms with Crippen molar-refractivity contribution in [2.45, 2.75) is 32.6 Å². The molecule has 1 N–H and O–H groups in total. The van der Waals surface area contributed by atoms with Gasteiger partial charge in [0.15, 0.2) is 0 Å². The van der Waals surface area contributed by atoms with E-state index in [1.165, 1.54) is 6.07 Å². The van der Waals surface area contributed by atoms with Crippen LogP contribution in [0.25, 0.3) is 10.9 Å². The molecule has 0 fully saturated rings. The van der Waals surface area contributed by atoms with Crippen LogP contribution in [0, 0.1) is 11.6 Å². The van der Waals surface area contributed by atoms with Crippen molar-refractivity contribution in [2.75, 3.05) is 0 Å². The molecule has 0 unspecified atom stereocenters. The smallest absolute Gasteiger partial charge is 0.150 e. The van der Waals surface area contributed by atoms with Gasteiger partial charge in [-0.05, 0) is 23.5 Å². The Bertz CT molecular complexity index is 526. The molecule has 2 aromatic rings. The van der Waals surface area contributed by atoms with Gasteiger partial charge in [0.1, 0.15) is 11.6 Å². The first kappa shape index (κ1) is 11.1. The zero-order chi connectivity index (χ0) is 11.9. The molecule has 0 saturated carbocycles. The van der Waals surface area contributed by atoms with Gasteiger partial charge in [-0.2, -0.15) is 0 Å². The number of rotatable bonds is 2. The highest BCUT2D eigenvalue weighted by atomic mass is 19.1. The molecule has 1 aromatic heterocycles. The first-order chi connectivity index (χ1) is 7.45. The molecule has 0 aliphatic carbocycles. The summed E-state index contributed by atoms with van der Waals surface area (Å²) in [6.07, 6.45) is 2.69. The maximum atomic E-state index is 13.5. The number of H-pyrrole nitrogens is 1. The predicted octanol–water partition coefficient (Wildman–Crippen LogP) is 4.13. The van der Waals surface area contributed by atoms with Gasteiger partial charge in [0.25, 0.3) is 0 Å². The lowest BCUT2D eigenvalue weighted by Crippen LogP contribution is -2.14. The van der Waals surface area contributed by atoms with Gasteiger partial charge in [-0.1, -0.05) is 20.8 Å². The number of nitrogens with one attached hydrogen (secondary N) is 1. The summed E-state index contributed by atoms with van der Waals surface area (Å²) < 4.78 is 26.7. The van der Waals surface area contributed by atoms with E-state index in [1.807, 2.05) is 0 Å². The molecule has 0 saturated heterocycles. The van der Waals surface area contributed by atoms with E-state index in [9.17, 15) is 8.78 Å². The highest BCUT2D eigenvalue weighted by Gasteiger charge is 2.23. The quantitative estimate of drug-likeness (QED) is 0.787. The molecule has 1 heterocycles. The normalized spacial score (nSPS) is 12.3. The van der Waals surface area contributed by atoms with Gasteiger partial charge in [-0.3, -0.25) is 0 Å². The van der Waals surface area contributed by atoms with E-state index in [0.29, 0.717) is 10.9 Å². The molecule has 2 rings (SSSR count). The summed E-state index contributed by atoms with van der Waals surface area (Å²) in [5, 5.41) is 0.643. The molecule has 0 atom stereocenters. The minimum absolute atomic E-state index is 0.0848. The molecule has 86 valence electrons. The summed E-state index contributed by atoms with van der Waals surface area (Å²) in [6, 6.07) is 2.29. The minimum atomic E-state index is -0.534. The topological polar surface area (TPSA) is 15.8 Å². The van der Waals surface area contributed by atoms with E-state index in [0.717, 1.165) is 18.1 Å². The van der Waals surface area contributed by atoms with Crippen LogP contribution < -0.4 is 0 Å². The fraction of sp³-hybridized carbons (Fsp3) is 0.385. The molecule has 0 radical (unpaired) electrons. The van der Waals surface area contributed by atoms with Gasteiger partial charge >= 0.3 is 0 Å². The lowest BCUT2D eigenvalue weighted by Gasteiger charge is -2.22. The maximum Gasteiger partial charge on any atom is 0.150 e. The Kier molecular flexibility index (Phi) is 2.49. The van der Waals surface area contributed by atoms with Crippen molar-refractivity contribution >= 4 is 10.9 Å². The van der Waals surface area contributed by atoms with Crippen molar-refractivity contribution < 1.29 is 8.78 Å². The van der Waals surface area contributed by atoms with Crippen molar-refractivity contribution in [3.8, 4) is 0 Å². The van der Waals surface area contributed by atoms with Crippen LogP contribution in [0.2, 0.25) is 0 Å². The molecule has 0 aliphatic rings.